The monoisotopic (exact) mass is 378 g/mol. The van der Waals surface area contributed by atoms with Crippen LogP contribution in [0, 0.1) is 0 Å². The molecule has 0 unspecified atom stereocenters. The maximum Gasteiger partial charge on any atom is 0.262 e. The maximum absolute atomic E-state index is 12.2. The molecule has 0 radical (unpaired) electrons. The molecule has 0 aromatic heterocycles. The summed E-state index contributed by atoms with van der Waals surface area (Å²) in [7, 11) is 1.52. The third-order valence-corrected chi connectivity index (χ3v) is 3.55. The van der Waals surface area contributed by atoms with Crippen LogP contribution in [-0.2, 0) is 4.79 Å². The second-order valence-corrected chi connectivity index (χ2v) is 5.45. The molecule has 1 amide bonds. The summed E-state index contributed by atoms with van der Waals surface area (Å²) in [6.45, 7) is 1.91. The van der Waals surface area contributed by atoms with Crippen LogP contribution in [0.2, 0.25) is 5.02 Å². The first-order valence-electron chi connectivity index (χ1n) is 7.78. The lowest BCUT2D eigenvalue weighted by atomic mass is 10.2. The molecule has 0 bridgehead atoms. The average Bonchev–Trinajstić information content (AvgIpc) is 2.62. The fourth-order valence-electron chi connectivity index (χ4n) is 2.20. The highest BCUT2D eigenvalue weighted by atomic mass is 35.5. The summed E-state index contributed by atoms with van der Waals surface area (Å²) in [5.41, 5.74) is 1.07. The van der Waals surface area contributed by atoms with Gasteiger partial charge in [-0.1, -0.05) is 28.9 Å². The first kappa shape index (κ1) is 19.4. The van der Waals surface area contributed by atoms with Gasteiger partial charge in [-0.25, -0.2) is 0 Å². The van der Waals surface area contributed by atoms with E-state index in [1.54, 1.807) is 37.3 Å². The van der Waals surface area contributed by atoms with E-state index >= 15 is 0 Å². The van der Waals surface area contributed by atoms with Crippen molar-refractivity contribution in [1.82, 2.24) is 0 Å². The molecule has 0 spiro atoms. The summed E-state index contributed by atoms with van der Waals surface area (Å²) in [6, 6.07) is 10.2. The molecule has 0 fully saturated rings. The Morgan fingerprint density at radius 2 is 2.04 bits per heavy atom. The predicted octanol–water partition coefficient (Wildman–Crippen LogP) is 3.57. The van der Waals surface area contributed by atoms with Gasteiger partial charge in [-0.2, -0.15) is 0 Å². The van der Waals surface area contributed by atoms with E-state index in [1.165, 1.54) is 19.4 Å². The van der Waals surface area contributed by atoms with Gasteiger partial charge in [0.2, 0.25) is 0 Å². The number of para-hydroxylation sites is 2. The van der Waals surface area contributed by atoms with Crippen LogP contribution in [0.15, 0.2) is 41.6 Å². The van der Waals surface area contributed by atoms with E-state index in [1.807, 2.05) is 0 Å². The number of anilines is 1. The van der Waals surface area contributed by atoms with Gasteiger partial charge in [0.1, 0.15) is 5.75 Å². The van der Waals surface area contributed by atoms with Gasteiger partial charge in [0.05, 0.1) is 30.6 Å². The van der Waals surface area contributed by atoms with E-state index in [4.69, 9.17) is 31.0 Å². The summed E-state index contributed by atoms with van der Waals surface area (Å²) in [5.74, 6) is 0.745. The third kappa shape index (κ3) is 5.03. The number of nitrogens with zero attached hydrogens (tertiary/aromatic N) is 1. The molecule has 2 aromatic carbocycles. The molecule has 2 aromatic rings. The Morgan fingerprint density at radius 1 is 1.27 bits per heavy atom. The number of nitrogens with one attached hydrogen (secondary N) is 1. The molecule has 0 aliphatic rings. The van der Waals surface area contributed by atoms with E-state index in [0.29, 0.717) is 29.4 Å². The van der Waals surface area contributed by atoms with Gasteiger partial charge in [-0.3, -0.25) is 4.79 Å². The molecular weight excluding hydrogens is 360 g/mol. The van der Waals surface area contributed by atoms with Gasteiger partial charge in [-0.05, 0) is 31.2 Å². The molecule has 2 N–H and O–H groups in total. The minimum Gasteiger partial charge on any atom is -0.495 e. The molecule has 0 saturated carbocycles. The van der Waals surface area contributed by atoms with Crippen LogP contribution in [0.4, 0.5) is 5.69 Å². The van der Waals surface area contributed by atoms with Gasteiger partial charge in [0, 0.05) is 5.56 Å². The summed E-state index contributed by atoms with van der Waals surface area (Å²) >= 11 is 6.20. The zero-order chi connectivity index (χ0) is 18.9. The highest BCUT2D eigenvalue weighted by Crippen LogP contribution is 2.36. The van der Waals surface area contributed by atoms with E-state index in [9.17, 15) is 4.79 Å². The fraction of sp³-hybridized carbons (Fsp3) is 0.222. The molecular formula is C18H19ClN2O5. The zero-order valence-electron chi connectivity index (χ0n) is 14.4. The average molecular weight is 379 g/mol. The minimum absolute atomic E-state index is 0.232. The van der Waals surface area contributed by atoms with Crippen molar-refractivity contribution in [2.75, 3.05) is 25.6 Å². The van der Waals surface area contributed by atoms with Crippen LogP contribution >= 0.6 is 11.6 Å². The quantitative estimate of drug-likeness (QED) is 0.416. The highest BCUT2D eigenvalue weighted by molar-refractivity contribution is 6.32. The number of oxime groups is 1. The van der Waals surface area contributed by atoms with Gasteiger partial charge in [-0.15, -0.1) is 0 Å². The van der Waals surface area contributed by atoms with Gasteiger partial charge < -0.3 is 24.7 Å². The number of benzene rings is 2. The van der Waals surface area contributed by atoms with Crippen molar-refractivity contribution in [3.05, 3.63) is 47.0 Å². The second kappa shape index (κ2) is 9.53. The Kier molecular flexibility index (Phi) is 7.11. The van der Waals surface area contributed by atoms with Crippen molar-refractivity contribution in [2.24, 2.45) is 5.16 Å². The zero-order valence-corrected chi connectivity index (χ0v) is 15.1. The third-order valence-electron chi connectivity index (χ3n) is 3.27. The summed E-state index contributed by atoms with van der Waals surface area (Å²) in [4.78, 5) is 12.2. The number of halogens is 1. The molecule has 138 valence electrons. The lowest BCUT2D eigenvalue weighted by Crippen LogP contribution is -2.21. The molecule has 7 nitrogen and oxygen atoms in total. The first-order valence-corrected chi connectivity index (χ1v) is 8.16. The summed E-state index contributed by atoms with van der Waals surface area (Å²) < 4.78 is 16.2. The normalized spacial score (nSPS) is 10.6. The lowest BCUT2D eigenvalue weighted by Gasteiger charge is -2.15. The first-order chi connectivity index (χ1) is 12.6. The number of hydrogen-bond acceptors (Lipinski definition) is 6. The number of amides is 1. The SMILES string of the molecule is CCOc1cc(/C=N/O)cc(Cl)c1OCC(=O)Nc1ccccc1OC. The molecule has 0 saturated heterocycles. The van der Waals surface area contributed by atoms with Crippen LogP contribution in [0.1, 0.15) is 12.5 Å². The molecule has 8 heteroatoms. The number of methoxy groups -OCH3 is 1. The Balaban J connectivity index is 2.11. The smallest absolute Gasteiger partial charge is 0.262 e. The Hall–Kier alpha value is -2.93. The van der Waals surface area contributed by atoms with Gasteiger partial charge >= 0.3 is 0 Å². The summed E-state index contributed by atoms with van der Waals surface area (Å²) in [6.07, 6.45) is 1.21. The number of ether oxygens (including phenoxy) is 3. The van der Waals surface area contributed by atoms with Crippen molar-refractivity contribution in [2.45, 2.75) is 6.92 Å². The Bertz CT molecular complexity index is 795. The van der Waals surface area contributed by atoms with Crippen molar-refractivity contribution in [3.8, 4) is 17.2 Å². The highest BCUT2D eigenvalue weighted by Gasteiger charge is 2.15. The van der Waals surface area contributed by atoms with E-state index < -0.39 is 0 Å². The Labute approximate surface area is 156 Å². The van der Waals surface area contributed by atoms with Crippen molar-refractivity contribution >= 4 is 29.4 Å². The number of hydrogen-bond donors (Lipinski definition) is 2. The van der Waals surface area contributed by atoms with E-state index in [2.05, 4.69) is 10.5 Å². The van der Waals surface area contributed by atoms with Crippen LogP contribution in [-0.4, -0.2) is 37.7 Å². The molecule has 0 aliphatic heterocycles. The maximum atomic E-state index is 12.2. The molecule has 2 rings (SSSR count). The largest absolute Gasteiger partial charge is 0.495 e. The fourth-order valence-corrected chi connectivity index (χ4v) is 2.48. The number of carbonyl (C=O) groups is 1. The molecule has 0 heterocycles. The van der Waals surface area contributed by atoms with Crippen LogP contribution in [0.3, 0.4) is 0 Å². The van der Waals surface area contributed by atoms with Crippen LogP contribution in [0.25, 0.3) is 0 Å². The Morgan fingerprint density at radius 3 is 2.73 bits per heavy atom. The standard InChI is InChI=1S/C18H19ClN2O5/c1-3-25-16-9-12(10-20-23)8-13(19)18(16)26-11-17(22)21-14-6-4-5-7-15(14)24-2/h4-10,23H,3,11H2,1-2H3,(H,21,22)/b20-10+. The predicted molar refractivity (Wildman–Crippen MR) is 99.1 cm³/mol. The molecule has 26 heavy (non-hydrogen) atoms. The minimum atomic E-state index is -0.381. The van der Waals surface area contributed by atoms with Gasteiger partial charge in [0.25, 0.3) is 5.91 Å². The number of carbonyl (C=O) groups excluding carboxylic acids is 1. The van der Waals surface area contributed by atoms with Crippen molar-refractivity contribution in [1.29, 1.82) is 0 Å². The lowest BCUT2D eigenvalue weighted by molar-refractivity contribution is -0.118. The second-order valence-electron chi connectivity index (χ2n) is 5.04. The topological polar surface area (TPSA) is 89.4 Å². The van der Waals surface area contributed by atoms with E-state index in [-0.39, 0.29) is 23.3 Å². The van der Waals surface area contributed by atoms with E-state index in [0.717, 1.165) is 0 Å². The summed E-state index contributed by atoms with van der Waals surface area (Å²) in [5, 5.41) is 14.5. The van der Waals surface area contributed by atoms with Crippen molar-refractivity contribution in [3.63, 3.8) is 0 Å². The molecule has 0 atom stereocenters. The van der Waals surface area contributed by atoms with Crippen LogP contribution in [0.5, 0.6) is 17.2 Å². The van der Waals surface area contributed by atoms with Crippen LogP contribution < -0.4 is 19.5 Å². The van der Waals surface area contributed by atoms with Gasteiger partial charge in [0.15, 0.2) is 18.1 Å². The number of rotatable bonds is 8. The van der Waals surface area contributed by atoms with Crippen molar-refractivity contribution < 1.29 is 24.2 Å². The molecule has 0 aliphatic carbocycles.